The van der Waals surface area contributed by atoms with Crippen LogP contribution in [0.15, 0.2) is 36.1 Å². The van der Waals surface area contributed by atoms with E-state index in [1.807, 2.05) is 6.08 Å². The average Bonchev–Trinajstić information content (AvgIpc) is 2.31. The molecule has 0 unspecified atom stereocenters. The number of aliphatic carboxylic acids is 1. The van der Waals surface area contributed by atoms with Crippen molar-refractivity contribution >= 4 is 5.97 Å². The molecule has 1 N–H and O–H groups in total. The van der Waals surface area contributed by atoms with Gasteiger partial charge in [-0.15, -0.1) is 0 Å². The van der Waals surface area contributed by atoms with E-state index in [4.69, 9.17) is 5.11 Å². The third-order valence-electron chi connectivity index (χ3n) is 2.14. The number of ether oxygens (including phenoxy) is 1. The largest absolute Gasteiger partial charge is 0.496 e. The summed E-state index contributed by atoms with van der Waals surface area (Å²) in [5, 5.41) is 8.73. The van der Waals surface area contributed by atoms with Gasteiger partial charge in [-0.2, -0.15) is 8.78 Å². The van der Waals surface area contributed by atoms with Crippen molar-refractivity contribution in [2.45, 2.75) is 32.6 Å². The van der Waals surface area contributed by atoms with Crippen LogP contribution in [0.1, 0.15) is 32.6 Å². The number of unbranched alkanes of at least 4 members (excludes halogenated alkanes) is 2. The lowest BCUT2D eigenvalue weighted by Gasteiger charge is -1.98. The Hall–Kier alpha value is -1.65. The van der Waals surface area contributed by atoms with Crippen molar-refractivity contribution in [2.75, 3.05) is 6.61 Å². The van der Waals surface area contributed by atoms with Crippen LogP contribution in [0.3, 0.4) is 0 Å². The molecule has 102 valence electrons. The number of carbonyl (C=O) groups is 1. The topological polar surface area (TPSA) is 46.5 Å². The monoisotopic (exact) mass is 260 g/mol. The Morgan fingerprint density at radius 3 is 2.61 bits per heavy atom. The fourth-order valence-electron chi connectivity index (χ4n) is 1.19. The van der Waals surface area contributed by atoms with Crippen molar-refractivity contribution in [2.24, 2.45) is 0 Å². The molecule has 0 heterocycles. The van der Waals surface area contributed by atoms with Crippen LogP contribution in [-0.4, -0.2) is 17.7 Å². The summed E-state index contributed by atoms with van der Waals surface area (Å²) >= 11 is 0. The highest BCUT2D eigenvalue weighted by Crippen LogP contribution is 2.03. The molecule has 0 rings (SSSR count). The van der Waals surface area contributed by atoms with E-state index in [1.54, 1.807) is 19.1 Å². The highest BCUT2D eigenvalue weighted by atomic mass is 19.3. The van der Waals surface area contributed by atoms with Crippen molar-refractivity contribution in [3.05, 3.63) is 36.1 Å². The van der Waals surface area contributed by atoms with Crippen LogP contribution in [0.4, 0.5) is 8.78 Å². The molecule has 0 saturated carbocycles. The van der Waals surface area contributed by atoms with Crippen molar-refractivity contribution in [3.8, 4) is 0 Å². The first kappa shape index (κ1) is 16.4. The van der Waals surface area contributed by atoms with Crippen LogP contribution >= 0.6 is 0 Å². The Morgan fingerprint density at radius 1 is 1.33 bits per heavy atom. The van der Waals surface area contributed by atoms with Crippen LogP contribution in [0.2, 0.25) is 0 Å². The highest BCUT2D eigenvalue weighted by Gasteiger charge is 2.00. The van der Waals surface area contributed by atoms with Gasteiger partial charge < -0.3 is 9.84 Å². The van der Waals surface area contributed by atoms with Crippen LogP contribution in [-0.2, 0) is 9.53 Å². The molecule has 0 aliphatic heterocycles. The summed E-state index contributed by atoms with van der Waals surface area (Å²) in [4.78, 5) is 10.6. The van der Waals surface area contributed by atoms with Crippen LogP contribution < -0.4 is 0 Å². The lowest BCUT2D eigenvalue weighted by atomic mass is 10.2. The summed E-state index contributed by atoms with van der Waals surface area (Å²) in [6.07, 6.45) is 6.46. The molecule has 0 aliphatic carbocycles. The zero-order chi connectivity index (χ0) is 13.8. The maximum Gasteiger partial charge on any atom is 0.331 e. The fraction of sp³-hybridized carbons (Fsp3) is 0.462. The molecule has 0 amide bonds. The summed E-state index contributed by atoms with van der Waals surface area (Å²) in [5.41, 5.74) is 0.359. The minimum atomic E-state index is -1.83. The number of hydrogen-bond donors (Lipinski definition) is 1. The van der Waals surface area contributed by atoms with E-state index in [-0.39, 0.29) is 6.61 Å². The Balaban J connectivity index is 3.66. The predicted octanol–water partition coefficient (Wildman–Crippen LogP) is 3.89. The SMILES string of the molecule is CC/C(=C\C=C\CCCCOC=C(F)F)C(=O)O. The second kappa shape index (κ2) is 10.5. The molecule has 5 heteroatoms. The third kappa shape index (κ3) is 9.57. The quantitative estimate of drug-likeness (QED) is 0.296. The molecule has 0 aromatic heterocycles. The molecule has 0 radical (unpaired) electrons. The van der Waals surface area contributed by atoms with Crippen LogP contribution in [0.25, 0.3) is 0 Å². The van der Waals surface area contributed by atoms with E-state index in [9.17, 15) is 13.6 Å². The lowest BCUT2D eigenvalue weighted by Crippen LogP contribution is -1.97. The maximum absolute atomic E-state index is 11.6. The van der Waals surface area contributed by atoms with Gasteiger partial charge in [-0.1, -0.05) is 25.2 Å². The number of rotatable bonds is 9. The summed E-state index contributed by atoms with van der Waals surface area (Å²) < 4.78 is 27.7. The molecule has 0 aromatic rings. The van der Waals surface area contributed by atoms with Crippen LogP contribution in [0.5, 0.6) is 0 Å². The zero-order valence-corrected chi connectivity index (χ0v) is 10.4. The molecular weight excluding hydrogens is 242 g/mol. The van der Waals surface area contributed by atoms with Crippen molar-refractivity contribution in [1.29, 1.82) is 0 Å². The molecule has 0 aromatic carbocycles. The molecule has 0 fully saturated rings. The van der Waals surface area contributed by atoms with Gasteiger partial charge in [0.15, 0.2) is 0 Å². The molecule has 0 bridgehead atoms. The summed E-state index contributed by atoms with van der Waals surface area (Å²) in [7, 11) is 0. The first-order valence-electron chi connectivity index (χ1n) is 5.79. The summed E-state index contributed by atoms with van der Waals surface area (Å²) in [6, 6.07) is 0. The Kier molecular flexibility index (Phi) is 9.54. The minimum absolute atomic E-state index is 0.260. The van der Waals surface area contributed by atoms with Gasteiger partial charge in [0.1, 0.15) is 6.26 Å². The number of hydrogen-bond acceptors (Lipinski definition) is 2. The molecule has 3 nitrogen and oxygen atoms in total. The Labute approximate surface area is 105 Å². The van der Waals surface area contributed by atoms with Gasteiger partial charge in [-0.3, -0.25) is 0 Å². The van der Waals surface area contributed by atoms with Gasteiger partial charge in [-0.05, 0) is 25.7 Å². The van der Waals surface area contributed by atoms with Gasteiger partial charge in [-0.25, -0.2) is 4.79 Å². The third-order valence-corrected chi connectivity index (χ3v) is 2.14. The van der Waals surface area contributed by atoms with Crippen molar-refractivity contribution in [3.63, 3.8) is 0 Å². The summed E-state index contributed by atoms with van der Waals surface area (Å²) in [6.45, 7) is 2.04. The molecule has 0 aliphatic rings. The van der Waals surface area contributed by atoms with E-state index in [1.165, 1.54) is 0 Å². The standard InChI is InChI=1S/C13H18F2O3/c1-2-11(13(16)17)8-6-4-3-5-7-9-18-10-12(14)15/h4,6,8,10H,2-3,5,7,9H2,1H3,(H,16,17)/b6-4+,11-8+. The highest BCUT2D eigenvalue weighted by molar-refractivity contribution is 5.86. The maximum atomic E-state index is 11.6. The minimum Gasteiger partial charge on any atom is -0.496 e. The number of halogens is 2. The average molecular weight is 260 g/mol. The number of carboxylic acids is 1. The van der Waals surface area contributed by atoms with E-state index >= 15 is 0 Å². The van der Waals surface area contributed by atoms with Crippen molar-refractivity contribution in [1.82, 2.24) is 0 Å². The van der Waals surface area contributed by atoms with Gasteiger partial charge in [0.25, 0.3) is 0 Å². The van der Waals surface area contributed by atoms with Crippen LogP contribution in [0, 0.1) is 0 Å². The number of allylic oxidation sites excluding steroid dienone is 3. The van der Waals surface area contributed by atoms with E-state index < -0.39 is 12.0 Å². The van der Waals surface area contributed by atoms with E-state index in [0.29, 0.717) is 24.7 Å². The van der Waals surface area contributed by atoms with Gasteiger partial charge in [0.05, 0.1) is 6.61 Å². The van der Waals surface area contributed by atoms with Gasteiger partial charge in [0.2, 0.25) is 0 Å². The first-order valence-corrected chi connectivity index (χ1v) is 5.79. The van der Waals surface area contributed by atoms with Crippen molar-refractivity contribution < 1.29 is 23.4 Å². The predicted molar refractivity (Wildman–Crippen MR) is 65.3 cm³/mol. The Bertz CT molecular complexity index is 329. The van der Waals surface area contributed by atoms with Gasteiger partial charge in [0, 0.05) is 5.57 Å². The molecule has 0 saturated heterocycles. The molecule has 0 atom stereocenters. The second-order valence-corrected chi connectivity index (χ2v) is 3.55. The second-order valence-electron chi connectivity index (χ2n) is 3.55. The molecule has 0 spiro atoms. The Morgan fingerprint density at radius 2 is 2.06 bits per heavy atom. The zero-order valence-electron chi connectivity index (χ0n) is 10.4. The number of carboxylic acid groups (broad SMARTS) is 1. The smallest absolute Gasteiger partial charge is 0.331 e. The van der Waals surface area contributed by atoms with Gasteiger partial charge >= 0.3 is 12.0 Å². The first-order chi connectivity index (χ1) is 8.57. The molecular formula is C13H18F2O3. The summed E-state index contributed by atoms with van der Waals surface area (Å²) in [5.74, 6) is -0.907. The normalized spacial score (nSPS) is 11.6. The van der Waals surface area contributed by atoms with E-state index in [2.05, 4.69) is 4.74 Å². The lowest BCUT2D eigenvalue weighted by molar-refractivity contribution is -0.132. The molecule has 18 heavy (non-hydrogen) atoms. The van der Waals surface area contributed by atoms with E-state index in [0.717, 1.165) is 12.8 Å². The fourth-order valence-corrected chi connectivity index (χ4v) is 1.19.